The van der Waals surface area contributed by atoms with Crippen LogP contribution in [0, 0.1) is 0 Å². The molecule has 1 saturated heterocycles. The van der Waals surface area contributed by atoms with Gasteiger partial charge in [-0.3, -0.25) is 0 Å². The second-order valence-electron chi connectivity index (χ2n) is 4.21. The average molecular weight is 193 g/mol. The summed E-state index contributed by atoms with van der Waals surface area (Å²) in [5.41, 5.74) is 0.820. The number of hydrogen-bond acceptors (Lipinski definition) is 1. The lowest BCUT2D eigenvalue weighted by Gasteiger charge is -2.37. The Labute approximate surface area is 84.3 Å². The van der Waals surface area contributed by atoms with Gasteiger partial charge in [-0.1, -0.05) is 37.3 Å². The molecular weight excluding hydrogens is 177 g/mol. The summed E-state index contributed by atoms with van der Waals surface area (Å²) < 4.78 is 13.9. The van der Waals surface area contributed by atoms with Gasteiger partial charge in [0.2, 0.25) is 0 Å². The highest BCUT2D eigenvalue weighted by molar-refractivity contribution is 5.27. The van der Waals surface area contributed by atoms with E-state index >= 15 is 0 Å². The van der Waals surface area contributed by atoms with Crippen molar-refractivity contribution in [2.45, 2.75) is 24.9 Å². The van der Waals surface area contributed by atoms with E-state index in [1.165, 1.54) is 0 Å². The molecule has 1 aromatic rings. The third-order valence-electron chi connectivity index (χ3n) is 3.27. The zero-order valence-corrected chi connectivity index (χ0v) is 8.46. The SMILES string of the molecule is CC1(c2ccccc2)CCNC[C@@H]1F. The molecule has 2 heteroatoms. The summed E-state index contributed by atoms with van der Waals surface area (Å²) in [5.74, 6) is 0. The summed E-state index contributed by atoms with van der Waals surface area (Å²) >= 11 is 0. The summed E-state index contributed by atoms with van der Waals surface area (Å²) in [6.07, 6.45) is 0.0942. The number of hydrogen-bond donors (Lipinski definition) is 1. The van der Waals surface area contributed by atoms with Crippen LogP contribution in [-0.4, -0.2) is 19.3 Å². The van der Waals surface area contributed by atoms with E-state index in [0.717, 1.165) is 18.5 Å². The smallest absolute Gasteiger partial charge is 0.122 e. The molecule has 0 aliphatic carbocycles. The van der Waals surface area contributed by atoms with Gasteiger partial charge >= 0.3 is 0 Å². The average Bonchev–Trinajstić information content (AvgIpc) is 2.24. The zero-order valence-electron chi connectivity index (χ0n) is 8.46. The van der Waals surface area contributed by atoms with E-state index in [1.807, 2.05) is 37.3 Å². The molecule has 1 N–H and O–H groups in total. The molecular formula is C12H16FN. The van der Waals surface area contributed by atoms with Crippen molar-refractivity contribution in [1.82, 2.24) is 5.32 Å². The minimum atomic E-state index is -0.779. The first-order chi connectivity index (χ1) is 6.73. The van der Waals surface area contributed by atoms with Crippen molar-refractivity contribution < 1.29 is 4.39 Å². The van der Waals surface area contributed by atoms with Crippen LogP contribution < -0.4 is 5.32 Å². The van der Waals surface area contributed by atoms with Crippen molar-refractivity contribution in [3.8, 4) is 0 Å². The van der Waals surface area contributed by atoms with Gasteiger partial charge in [0, 0.05) is 12.0 Å². The Balaban J connectivity index is 2.30. The molecule has 1 aliphatic heterocycles. The molecule has 1 aliphatic rings. The Kier molecular flexibility index (Phi) is 2.55. The molecule has 14 heavy (non-hydrogen) atoms. The number of alkyl halides is 1. The van der Waals surface area contributed by atoms with Gasteiger partial charge in [0.1, 0.15) is 6.17 Å². The highest BCUT2D eigenvalue weighted by atomic mass is 19.1. The van der Waals surface area contributed by atoms with Gasteiger partial charge in [-0.05, 0) is 18.5 Å². The summed E-state index contributed by atoms with van der Waals surface area (Å²) in [6.45, 7) is 3.41. The van der Waals surface area contributed by atoms with Crippen molar-refractivity contribution in [2.24, 2.45) is 0 Å². The maximum absolute atomic E-state index is 13.9. The van der Waals surface area contributed by atoms with Crippen molar-refractivity contribution in [2.75, 3.05) is 13.1 Å². The molecule has 1 heterocycles. The molecule has 0 bridgehead atoms. The van der Waals surface area contributed by atoms with Gasteiger partial charge in [0.05, 0.1) is 0 Å². The summed E-state index contributed by atoms with van der Waals surface area (Å²) in [6, 6.07) is 9.99. The van der Waals surface area contributed by atoms with Crippen LogP contribution in [0.5, 0.6) is 0 Å². The highest BCUT2D eigenvalue weighted by Gasteiger charge is 2.38. The van der Waals surface area contributed by atoms with Gasteiger partial charge in [0.25, 0.3) is 0 Å². The third kappa shape index (κ3) is 1.55. The van der Waals surface area contributed by atoms with Gasteiger partial charge in [-0.25, -0.2) is 4.39 Å². The minimum Gasteiger partial charge on any atom is -0.314 e. The monoisotopic (exact) mass is 193 g/mol. The molecule has 0 amide bonds. The summed E-state index contributed by atoms with van der Waals surface area (Å²) in [5, 5.41) is 3.08. The fourth-order valence-corrected chi connectivity index (χ4v) is 2.10. The van der Waals surface area contributed by atoms with E-state index < -0.39 is 6.17 Å². The standard InChI is InChI=1S/C12H16FN/c1-12(7-8-14-9-11(12)13)10-5-3-2-4-6-10/h2-6,11,14H,7-9H2,1H3/t11-,12?/m0/s1. The van der Waals surface area contributed by atoms with Crippen LogP contribution in [0.1, 0.15) is 18.9 Å². The van der Waals surface area contributed by atoms with Crippen molar-refractivity contribution in [1.29, 1.82) is 0 Å². The van der Waals surface area contributed by atoms with Gasteiger partial charge < -0.3 is 5.32 Å². The van der Waals surface area contributed by atoms with Crippen LogP contribution in [-0.2, 0) is 5.41 Å². The Morgan fingerprint density at radius 1 is 1.36 bits per heavy atom. The van der Waals surface area contributed by atoms with E-state index in [2.05, 4.69) is 5.32 Å². The maximum atomic E-state index is 13.9. The van der Waals surface area contributed by atoms with Gasteiger partial charge in [-0.15, -0.1) is 0 Å². The zero-order chi connectivity index (χ0) is 10.0. The fraction of sp³-hybridized carbons (Fsp3) is 0.500. The predicted molar refractivity (Wildman–Crippen MR) is 56.2 cm³/mol. The van der Waals surface area contributed by atoms with Crippen LogP contribution in [0.3, 0.4) is 0 Å². The summed E-state index contributed by atoms with van der Waals surface area (Å²) in [4.78, 5) is 0. The Hall–Kier alpha value is -0.890. The lowest BCUT2D eigenvalue weighted by atomic mass is 9.74. The van der Waals surface area contributed by atoms with Gasteiger partial charge in [0.15, 0.2) is 0 Å². The summed E-state index contributed by atoms with van der Waals surface area (Å²) in [7, 11) is 0. The first kappa shape index (κ1) is 9.66. The van der Waals surface area contributed by atoms with Crippen LogP contribution in [0.2, 0.25) is 0 Å². The van der Waals surface area contributed by atoms with Crippen LogP contribution >= 0.6 is 0 Å². The second kappa shape index (κ2) is 3.70. The number of piperidine rings is 1. The molecule has 2 atom stereocenters. The molecule has 0 aromatic heterocycles. The molecule has 1 nitrogen and oxygen atoms in total. The highest BCUT2D eigenvalue weighted by Crippen LogP contribution is 2.34. The van der Waals surface area contributed by atoms with E-state index in [0.29, 0.717) is 6.54 Å². The molecule has 2 rings (SSSR count). The van der Waals surface area contributed by atoms with E-state index in [9.17, 15) is 4.39 Å². The number of rotatable bonds is 1. The first-order valence-electron chi connectivity index (χ1n) is 5.14. The number of nitrogens with one attached hydrogen (secondary N) is 1. The topological polar surface area (TPSA) is 12.0 Å². The molecule has 1 unspecified atom stereocenters. The number of halogens is 1. The third-order valence-corrected chi connectivity index (χ3v) is 3.27. The lowest BCUT2D eigenvalue weighted by molar-refractivity contribution is 0.155. The molecule has 0 saturated carbocycles. The Morgan fingerprint density at radius 2 is 2.07 bits per heavy atom. The van der Waals surface area contributed by atoms with Crippen LogP contribution in [0.25, 0.3) is 0 Å². The normalized spacial score (nSPS) is 32.9. The fourth-order valence-electron chi connectivity index (χ4n) is 2.10. The van der Waals surface area contributed by atoms with E-state index in [1.54, 1.807) is 0 Å². The molecule has 1 aromatic carbocycles. The Bertz CT molecular complexity index is 298. The number of benzene rings is 1. The van der Waals surface area contributed by atoms with E-state index in [-0.39, 0.29) is 5.41 Å². The Morgan fingerprint density at radius 3 is 2.71 bits per heavy atom. The maximum Gasteiger partial charge on any atom is 0.122 e. The van der Waals surface area contributed by atoms with Crippen molar-refractivity contribution >= 4 is 0 Å². The second-order valence-corrected chi connectivity index (χ2v) is 4.21. The first-order valence-corrected chi connectivity index (χ1v) is 5.14. The van der Waals surface area contributed by atoms with Crippen molar-refractivity contribution in [3.63, 3.8) is 0 Å². The molecule has 1 fully saturated rings. The van der Waals surface area contributed by atoms with Crippen molar-refractivity contribution in [3.05, 3.63) is 35.9 Å². The molecule has 0 spiro atoms. The van der Waals surface area contributed by atoms with E-state index in [4.69, 9.17) is 0 Å². The minimum absolute atomic E-state index is 0.299. The van der Waals surface area contributed by atoms with Crippen LogP contribution in [0.15, 0.2) is 30.3 Å². The van der Waals surface area contributed by atoms with Gasteiger partial charge in [-0.2, -0.15) is 0 Å². The lowest BCUT2D eigenvalue weighted by Crippen LogP contribution is -2.47. The molecule has 76 valence electrons. The largest absolute Gasteiger partial charge is 0.314 e. The quantitative estimate of drug-likeness (QED) is 0.721. The molecule has 0 radical (unpaired) electrons. The predicted octanol–water partition coefficient (Wildman–Crippen LogP) is 2.28. The van der Waals surface area contributed by atoms with Crippen LogP contribution in [0.4, 0.5) is 4.39 Å².